The number of hydrogen-bond acceptors (Lipinski definition) is 4. The number of nitrogens with zero attached hydrogens (tertiary/aromatic N) is 2. The number of nitrogens with one attached hydrogen (secondary N) is 1. The van der Waals surface area contributed by atoms with E-state index < -0.39 is 10.7 Å². The fourth-order valence-corrected chi connectivity index (χ4v) is 1.95. The highest BCUT2D eigenvalue weighted by Crippen LogP contribution is 2.22. The maximum absolute atomic E-state index is 13.2. The Kier molecular flexibility index (Phi) is 4.14. The second kappa shape index (κ2) is 6.01. The largest absolute Gasteiger partial charge is 0.380 e. The third kappa shape index (κ3) is 3.34. The molecule has 0 bridgehead atoms. The van der Waals surface area contributed by atoms with E-state index in [4.69, 9.17) is 5.26 Å². The zero-order chi connectivity index (χ0) is 15.4. The summed E-state index contributed by atoms with van der Waals surface area (Å²) in [6, 6.07) is 10.5. The minimum Gasteiger partial charge on any atom is -0.380 e. The standard InChI is InChI=1S/C15H12FN3O2/c1-10-2-3-11(8-17)6-14(10)18-9-12-7-13(16)4-5-15(12)19(20)21/h2-7,18H,9H2,1H3. The number of nitriles is 1. The average molecular weight is 285 g/mol. The summed E-state index contributed by atoms with van der Waals surface area (Å²) in [6.45, 7) is 1.95. The fraction of sp³-hybridized carbons (Fsp3) is 0.133. The first kappa shape index (κ1) is 14.5. The number of aryl methyl sites for hydroxylation is 1. The molecule has 2 rings (SSSR count). The molecule has 2 aromatic carbocycles. The van der Waals surface area contributed by atoms with Gasteiger partial charge in [0.2, 0.25) is 0 Å². The Hall–Kier alpha value is -2.94. The van der Waals surface area contributed by atoms with E-state index in [9.17, 15) is 14.5 Å². The molecule has 1 N–H and O–H groups in total. The van der Waals surface area contributed by atoms with Crippen LogP contribution in [-0.2, 0) is 6.54 Å². The van der Waals surface area contributed by atoms with Crippen molar-refractivity contribution in [2.45, 2.75) is 13.5 Å². The highest BCUT2D eigenvalue weighted by Gasteiger charge is 2.14. The normalized spacial score (nSPS) is 9.95. The van der Waals surface area contributed by atoms with Gasteiger partial charge in [-0.1, -0.05) is 6.07 Å². The van der Waals surface area contributed by atoms with Gasteiger partial charge in [-0.25, -0.2) is 4.39 Å². The van der Waals surface area contributed by atoms with Crippen molar-refractivity contribution in [3.05, 3.63) is 69.0 Å². The lowest BCUT2D eigenvalue weighted by atomic mass is 10.1. The van der Waals surface area contributed by atoms with Crippen molar-refractivity contribution in [3.8, 4) is 6.07 Å². The number of benzene rings is 2. The molecule has 0 saturated carbocycles. The van der Waals surface area contributed by atoms with Crippen molar-refractivity contribution in [1.82, 2.24) is 0 Å². The molecule has 21 heavy (non-hydrogen) atoms. The summed E-state index contributed by atoms with van der Waals surface area (Å²) < 4.78 is 13.2. The van der Waals surface area contributed by atoms with Crippen molar-refractivity contribution in [2.24, 2.45) is 0 Å². The zero-order valence-electron chi connectivity index (χ0n) is 11.3. The molecule has 0 aliphatic rings. The Labute approximate surface area is 120 Å². The van der Waals surface area contributed by atoms with Gasteiger partial charge in [-0.05, 0) is 36.8 Å². The van der Waals surface area contributed by atoms with E-state index in [-0.39, 0.29) is 17.8 Å². The van der Waals surface area contributed by atoms with Gasteiger partial charge in [-0.3, -0.25) is 10.1 Å². The van der Waals surface area contributed by atoms with Crippen molar-refractivity contribution >= 4 is 11.4 Å². The van der Waals surface area contributed by atoms with Gasteiger partial charge in [-0.2, -0.15) is 5.26 Å². The zero-order valence-corrected chi connectivity index (χ0v) is 11.3. The molecule has 6 heteroatoms. The first-order chi connectivity index (χ1) is 10.0. The molecule has 0 spiro atoms. The molecule has 0 saturated heterocycles. The summed E-state index contributed by atoms with van der Waals surface area (Å²) >= 11 is 0. The van der Waals surface area contributed by atoms with E-state index in [0.717, 1.165) is 23.8 Å². The quantitative estimate of drug-likeness (QED) is 0.688. The third-order valence-corrected chi connectivity index (χ3v) is 3.07. The van der Waals surface area contributed by atoms with Gasteiger partial charge in [0.1, 0.15) is 5.82 Å². The smallest absolute Gasteiger partial charge is 0.274 e. The lowest BCUT2D eigenvalue weighted by Gasteiger charge is -2.10. The molecule has 0 radical (unpaired) electrons. The van der Waals surface area contributed by atoms with Gasteiger partial charge in [0.15, 0.2) is 0 Å². The van der Waals surface area contributed by atoms with E-state index in [1.54, 1.807) is 18.2 Å². The SMILES string of the molecule is Cc1ccc(C#N)cc1NCc1cc(F)ccc1[N+](=O)[O-]. The van der Waals surface area contributed by atoms with E-state index in [1.165, 1.54) is 0 Å². The first-order valence-corrected chi connectivity index (χ1v) is 6.18. The molecule has 106 valence electrons. The van der Waals surface area contributed by atoms with Crippen LogP contribution in [0.4, 0.5) is 15.8 Å². The second-order valence-electron chi connectivity index (χ2n) is 4.53. The predicted octanol–water partition coefficient (Wildman–Crippen LogP) is 3.53. The van der Waals surface area contributed by atoms with Crippen LogP contribution in [0.2, 0.25) is 0 Å². The molecule has 0 aliphatic carbocycles. The van der Waals surface area contributed by atoms with Crippen LogP contribution in [0.15, 0.2) is 36.4 Å². The number of anilines is 1. The topological polar surface area (TPSA) is 79.0 Å². The molecule has 0 aliphatic heterocycles. The number of nitro benzene ring substituents is 1. The molecular formula is C15H12FN3O2. The minimum absolute atomic E-state index is 0.101. The monoisotopic (exact) mass is 285 g/mol. The molecular weight excluding hydrogens is 273 g/mol. The number of hydrogen-bond donors (Lipinski definition) is 1. The molecule has 0 atom stereocenters. The summed E-state index contributed by atoms with van der Waals surface area (Å²) in [5.41, 5.74) is 2.18. The van der Waals surface area contributed by atoms with Crippen LogP contribution in [-0.4, -0.2) is 4.92 Å². The van der Waals surface area contributed by atoms with Crippen molar-refractivity contribution in [3.63, 3.8) is 0 Å². The minimum atomic E-state index is -0.547. The maximum Gasteiger partial charge on any atom is 0.274 e. The molecule has 0 amide bonds. The number of halogens is 1. The molecule has 0 unspecified atom stereocenters. The summed E-state index contributed by atoms with van der Waals surface area (Å²) in [5, 5.41) is 22.8. The van der Waals surface area contributed by atoms with Crippen molar-refractivity contribution in [2.75, 3.05) is 5.32 Å². The first-order valence-electron chi connectivity index (χ1n) is 6.18. The Bertz CT molecular complexity index is 738. The second-order valence-corrected chi connectivity index (χ2v) is 4.53. The van der Waals surface area contributed by atoms with Gasteiger partial charge < -0.3 is 5.32 Å². The van der Waals surface area contributed by atoms with Gasteiger partial charge in [-0.15, -0.1) is 0 Å². The highest BCUT2D eigenvalue weighted by molar-refractivity contribution is 5.56. The number of nitro groups is 1. The number of rotatable bonds is 4. The summed E-state index contributed by atoms with van der Waals surface area (Å²) in [7, 11) is 0. The Morgan fingerprint density at radius 3 is 2.76 bits per heavy atom. The molecule has 0 fully saturated rings. The van der Waals surface area contributed by atoms with Gasteiger partial charge in [0.25, 0.3) is 5.69 Å². The lowest BCUT2D eigenvalue weighted by molar-refractivity contribution is -0.385. The molecule has 0 aromatic heterocycles. The van der Waals surface area contributed by atoms with E-state index >= 15 is 0 Å². The third-order valence-electron chi connectivity index (χ3n) is 3.07. The van der Waals surface area contributed by atoms with Crippen LogP contribution in [0.1, 0.15) is 16.7 Å². The van der Waals surface area contributed by atoms with Crippen LogP contribution in [0.25, 0.3) is 0 Å². The van der Waals surface area contributed by atoms with Gasteiger partial charge >= 0.3 is 0 Å². The highest BCUT2D eigenvalue weighted by atomic mass is 19.1. The van der Waals surface area contributed by atoms with Crippen molar-refractivity contribution in [1.29, 1.82) is 5.26 Å². The van der Waals surface area contributed by atoms with Crippen molar-refractivity contribution < 1.29 is 9.31 Å². The Balaban J connectivity index is 2.26. The van der Waals surface area contributed by atoms with Gasteiger partial charge in [0.05, 0.1) is 22.1 Å². The molecule has 0 heterocycles. The summed E-state index contributed by atoms with van der Waals surface area (Å²) in [4.78, 5) is 10.4. The predicted molar refractivity (Wildman–Crippen MR) is 76.3 cm³/mol. The van der Waals surface area contributed by atoms with E-state index in [0.29, 0.717) is 11.3 Å². The fourth-order valence-electron chi connectivity index (χ4n) is 1.95. The maximum atomic E-state index is 13.2. The molecule has 2 aromatic rings. The van der Waals surface area contributed by atoms with Crippen LogP contribution < -0.4 is 5.32 Å². The van der Waals surface area contributed by atoms with Gasteiger partial charge in [0, 0.05) is 18.3 Å². The van der Waals surface area contributed by atoms with E-state index in [2.05, 4.69) is 5.32 Å². The van der Waals surface area contributed by atoms with Crippen LogP contribution in [0, 0.1) is 34.2 Å². The summed E-state index contributed by atoms with van der Waals surface area (Å²) in [6.07, 6.45) is 0. The van der Waals surface area contributed by atoms with Crippen LogP contribution in [0.5, 0.6) is 0 Å². The van der Waals surface area contributed by atoms with E-state index in [1.807, 2.05) is 13.0 Å². The van der Waals surface area contributed by atoms with Crippen LogP contribution >= 0.6 is 0 Å². The molecule has 5 nitrogen and oxygen atoms in total. The Morgan fingerprint density at radius 1 is 1.33 bits per heavy atom. The Morgan fingerprint density at radius 2 is 2.10 bits per heavy atom. The summed E-state index contributed by atoms with van der Waals surface area (Å²) in [5.74, 6) is -0.528. The van der Waals surface area contributed by atoms with Crippen LogP contribution in [0.3, 0.4) is 0 Å². The lowest BCUT2D eigenvalue weighted by Crippen LogP contribution is -2.05. The average Bonchev–Trinajstić information content (AvgIpc) is 2.46.